The third kappa shape index (κ3) is 4.68. The van der Waals surface area contributed by atoms with Crippen LogP contribution in [0.4, 0.5) is 17.1 Å². The Hall–Kier alpha value is -7.62. The standard InChI is InChI=1S/C55H35NO2/c1-3-16-36(17-4-1)37-18-13-19-38(34-37)39-20-14-23-41(35-39)56(40-21-5-2-6-22-40)49-30-15-31-50-53(49)57-51-33-32-45-44-26-9-12-29-48(44)55(52(45)54(51)58-50)46-27-10-7-24-42(46)43-25-8-11-28-47(43)55/h1-35H. The second-order valence-electron chi connectivity index (χ2n) is 15.2. The lowest BCUT2D eigenvalue weighted by Gasteiger charge is -2.34. The topological polar surface area (TPSA) is 21.7 Å². The lowest BCUT2D eigenvalue weighted by Crippen LogP contribution is -2.26. The van der Waals surface area contributed by atoms with E-state index in [-0.39, 0.29) is 0 Å². The van der Waals surface area contributed by atoms with E-state index in [4.69, 9.17) is 9.47 Å². The number of hydrogen-bond acceptors (Lipinski definition) is 3. The predicted molar refractivity (Wildman–Crippen MR) is 235 cm³/mol. The maximum Gasteiger partial charge on any atom is 0.194 e. The van der Waals surface area contributed by atoms with Gasteiger partial charge in [0.1, 0.15) is 0 Å². The number of ether oxygens (including phenoxy) is 2. The average Bonchev–Trinajstić information content (AvgIpc) is 3.77. The molecule has 2 aliphatic carbocycles. The maximum atomic E-state index is 7.23. The van der Waals surface area contributed by atoms with Gasteiger partial charge in [0.05, 0.1) is 11.1 Å². The van der Waals surface area contributed by atoms with Crippen LogP contribution in [0, 0.1) is 0 Å². The molecule has 1 spiro atoms. The van der Waals surface area contributed by atoms with Gasteiger partial charge < -0.3 is 14.4 Å². The molecule has 3 aliphatic rings. The third-order valence-corrected chi connectivity index (χ3v) is 12.1. The van der Waals surface area contributed by atoms with E-state index in [1.165, 1.54) is 50.1 Å². The number of anilines is 3. The van der Waals surface area contributed by atoms with Crippen LogP contribution >= 0.6 is 0 Å². The van der Waals surface area contributed by atoms with Gasteiger partial charge in [-0.1, -0.05) is 164 Å². The average molecular weight is 742 g/mol. The zero-order valence-electron chi connectivity index (χ0n) is 31.5. The summed E-state index contributed by atoms with van der Waals surface area (Å²) in [5, 5.41) is 0. The smallest absolute Gasteiger partial charge is 0.194 e. The van der Waals surface area contributed by atoms with Crippen molar-refractivity contribution in [3.05, 3.63) is 235 Å². The molecule has 0 atom stereocenters. The lowest BCUT2D eigenvalue weighted by atomic mass is 9.70. The number of nitrogens with zero attached hydrogens (tertiary/aromatic N) is 1. The SMILES string of the molecule is c1ccc(-c2cccc(-c3cccc(N(c4ccccc4)c4cccc5c4Oc4ccc6c(c4O5)C4(c5ccccc5-c5ccccc54)c4ccccc4-6)c3)c2)cc1. The summed E-state index contributed by atoms with van der Waals surface area (Å²) >= 11 is 0. The highest BCUT2D eigenvalue weighted by molar-refractivity contribution is 5.97. The Morgan fingerprint density at radius 2 is 0.810 bits per heavy atom. The highest BCUT2D eigenvalue weighted by Gasteiger charge is 2.54. The van der Waals surface area contributed by atoms with E-state index in [9.17, 15) is 0 Å². The normalized spacial score (nSPS) is 13.2. The Labute approximate surface area is 337 Å². The Bertz CT molecular complexity index is 3010. The summed E-state index contributed by atoms with van der Waals surface area (Å²) in [6.45, 7) is 0. The first kappa shape index (κ1) is 32.6. The van der Waals surface area contributed by atoms with Gasteiger partial charge in [0.2, 0.25) is 0 Å². The first-order valence-corrected chi connectivity index (χ1v) is 19.8. The van der Waals surface area contributed by atoms with Gasteiger partial charge in [-0.25, -0.2) is 0 Å². The second-order valence-corrected chi connectivity index (χ2v) is 15.2. The largest absolute Gasteiger partial charge is 0.449 e. The molecule has 9 aromatic carbocycles. The minimum atomic E-state index is -0.558. The van der Waals surface area contributed by atoms with Gasteiger partial charge in [0.25, 0.3) is 0 Å². The molecular formula is C55H35NO2. The van der Waals surface area contributed by atoms with Crippen molar-refractivity contribution in [1.29, 1.82) is 0 Å². The van der Waals surface area contributed by atoms with Crippen LogP contribution in [0.15, 0.2) is 212 Å². The number of benzene rings is 9. The van der Waals surface area contributed by atoms with Crippen LogP contribution in [0.1, 0.15) is 22.3 Å². The molecule has 9 aromatic rings. The molecule has 0 amide bonds. The zero-order valence-corrected chi connectivity index (χ0v) is 31.5. The molecule has 1 aliphatic heterocycles. The molecule has 12 rings (SSSR count). The summed E-state index contributed by atoms with van der Waals surface area (Å²) in [5.74, 6) is 2.81. The molecule has 0 aromatic heterocycles. The molecule has 272 valence electrons. The lowest BCUT2D eigenvalue weighted by molar-refractivity contribution is 0.355. The molecular weight excluding hydrogens is 707 g/mol. The summed E-state index contributed by atoms with van der Waals surface area (Å²) in [6.07, 6.45) is 0. The van der Waals surface area contributed by atoms with Crippen LogP contribution in [0.3, 0.4) is 0 Å². The molecule has 3 heteroatoms. The van der Waals surface area contributed by atoms with Gasteiger partial charge in [-0.3, -0.25) is 0 Å². The summed E-state index contributed by atoms with van der Waals surface area (Å²) in [6, 6.07) is 75.6. The minimum Gasteiger partial charge on any atom is -0.449 e. The fraction of sp³-hybridized carbons (Fsp3) is 0.0182. The van der Waals surface area contributed by atoms with E-state index in [1.54, 1.807) is 0 Å². The Balaban J connectivity index is 1.01. The number of para-hydroxylation sites is 2. The molecule has 0 bridgehead atoms. The first-order chi connectivity index (χ1) is 28.8. The Morgan fingerprint density at radius 1 is 0.328 bits per heavy atom. The van der Waals surface area contributed by atoms with Crippen LogP contribution in [0.5, 0.6) is 23.0 Å². The Morgan fingerprint density at radius 3 is 1.50 bits per heavy atom. The molecule has 3 nitrogen and oxygen atoms in total. The fourth-order valence-electron chi connectivity index (χ4n) is 9.74. The van der Waals surface area contributed by atoms with Gasteiger partial charge in [0.15, 0.2) is 23.0 Å². The van der Waals surface area contributed by atoms with Crippen LogP contribution in [-0.2, 0) is 5.41 Å². The molecule has 0 fully saturated rings. The van der Waals surface area contributed by atoms with Crippen molar-refractivity contribution in [2.24, 2.45) is 0 Å². The third-order valence-electron chi connectivity index (χ3n) is 12.1. The number of fused-ring (bicyclic) bond motifs is 13. The molecule has 58 heavy (non-hydrogen) atoms. The highest BCUT2D eigenvalue weighted by atomic mass is 16.6. The van der Waals surface area contributed by atoms with Crippen molar-refractivity contribution >= 4 is 17.1 Å². The molecule has 0 saturated carbocycles. The summed E-state index contributed by atoms with van der Waals surface area (Å²) < 4.78 is 14.4. The quantitative estimate of drug-likeness (QED) is 0.175. The first-order valence-electron chi connectivity index (χ1n) is 19.8. The maximum absolute atomic E-state index is 7.23. The fourth-order valence-corrected chi connectivity index (χ4v) is 9.74. The van der Waals surface area contributed by atoms with Crippen LogP contribution in [-0.4, -0.2) is 0 Å². The van der Waals surface area contributed by atoms with Crippen molar-refractivity contribution in [3.63, 3.8) is 0 Å². The molecule has 0 radical (unpaired) electrons. The van der Waals surface area contributed by atoms with Gasteiger partial charge in [0, 0.05) is 16.9 Å². The summed E-state index contributed by atoms with van der Waals surface area (Å²) in [5.41, 5.74) is 16.9. The van der Waals surface area contributed by atoms with E-state index in [0.717, 1.165) is 39.5 Å². The van der Waals surface area contributed by atoms with Gasteiger partial charge >= 0.3 is 0 Å². The van der Waals surface area contributed by atoms with Crippen molar-refractivity contribution in [2.45, 2.75) is 5.41 Å². The van der Waals surface area contributed by atoms with Crippen molar-refractivity contribution in [2.75, 3.05) is 4.90 Å². The van der Waals surface area contributed by atoms with Crippen molar-refractivity contribution < 1.29 is 9.47 Å². The van der Waals surface area contributed by atoms with Gasteiger partial charge in [-0.15, -0.1) is 0 Å². The van der Waals surface area contributed by atoms with E-state index >= 15 is 0 Å². The van der Waals surface area contributed by atoms with Crippen molar-refractivity contribution in [1.82, 2.24) is 0 Å². The second kappa shape index (κ2) is 12.7. The van der Waals surface area contributed by atoms with E-state index in [2.05, 4.69) is 211 Å². The summed E-state index contributed by atoms with van der Waals surface area (Å²) in [7, 11) is 0. The molecule has 0 N–H and O–H groups in total. The molecule has 0 saturated heterocycles. The van der Waals surface area contributed by atoms with Crippen LogP contribution < -0.4 is 14.4 Å². The van der Waals surface area contributed by atoms with E-state index in [0.29, 0.717) is 17.2 Å². The van der Waals surface area contributed by atoms with Crippen LogP contribution in [0.25, 0.3) is 44.5 Å². The minimum absolute atomic E-state index is 0.558. The van der Waals surface area contributed by atoms with Crippen molar-refractivity contribution in [3.8, 4) is 67.5 Å². The van der Waals surface area contributed by atoms with E-state index in [1.807, 2.05) is 6.07 Å². The van der Waals surface area contributed by atoms with Crippen LogP contribution in [0.2, 0.25) is 0 Å². The molecule has 1 heterocycles. The van der Waals surface area contributed by atoms with Gasteiger partial charge in [-0.2, -0.15) is 0 Å². The zero-order chi connectivity index (χ0) is 38.2. The number of hydrogen-bond donors (Lipinski definition) is 0. The number of rotatable bonds is 5. The summed E-state index contributed by atoms with van der Waals surface area (Å²) in [4.78, 5) is 2.27. The predicted octanol–water partition coefficient (Wildman–Crippen LogP) is 14.7. The molecule has 0 unspecified atom stereocenters. The highest BCUT2D eigenvalue weighted by Crippen LogP contribution is 2.67. The Kier molecular flexibility index (Phi) is 7.14. The van der Waals surface area contributed by atoms with E-state index < -0.39 is 5.41 Å². The van der Waals surface area contributed by atoms with Gasteiger partial charge in [-0.05, 0) is 110 Å². The monoisotopic (exact) mass is 741 g/mol.